The van der Waals surface area contributed by atoms with Gasteiger partial charge in [0, 0.05) is 10.6 Å². The van der Waals surface area contributed by atoms with Gasteiger partial charge >= 0.3 is 0 Å². The molecule has 0 aliphatic heterocycles. The summed E-state index contributed by atoms with van der Waals surface area (Å²) in [6, 6.07) is 11.6. The van der Waals surface area contributed by atoms with E-state index >= 15 is 0 Å². The Morgan fingerprint density at radius 1 is 1.28 bits per heavy atom. The molecule has 0 amide bonds. The number of aliphatic hydroxyl groups is 1. The molecule has 1 atom stereocenters. The largest absolute Gasteiger partial charge is 0.468 e. The van der Waals surface area contributed by atoms with E-state index in [9.17, 15) is 5.11 Å². The van der Waals surface area contributed by atoms with Crippen molar-refractivity contribution in [2.75, 3.05) is 12.4 Å². The molecule has 96 valence electrons. The zero-order chi connectivity index (χ0) is 13.0. The van der Waals surface area contributed by atoms with Gasteiger partial charge in [0.2, 0.25) is 0 Å². The molecule has 1 aromatic carbocycles. The predicted molar refractivity (Wildman–Crippen MR) is 73.6 cm³/mol. The number of aliphatic hydroxyl groups excluding tert-OH is 1. The smallest absolute Gasteiger partial charge is 0.114 e. The van der Waals surface area contributed by atoms with Crippen LogP contribution in [0.5, 0.6) is 0 Å². The van der Waals surface area contributed by atoms with Crippen LogP contribution in [0.3, 0.4) is 0 Å². The van der Waals surface area contributed by atoms with E-state index in [0.717, 1.165) is 16.2 Å². The highest BCUT2D eigenvalue weighted by atomic mass is 32.2. The SMILES string of the molecule is Cc1occc1SCC(N)(CO)c1ccccc1. The Labute approximate surface area is 111 Å². The van der Waals surface area contributed by atoms with Crippen LogP contribution in [0.1, 0.15) is 11.3 Å². The van der Waals surface area contributed by atoms with Crippen molar-refractivity contribution >= 4 is 11.8 Å². The van der Waals surface area contributed by atoms with E-state index < -0.39 is 5.54 Å². The number of aryl methyl sites for hydroxylation is 1. The van der Waals surface area contributed by atoms with Crippen LogP contribution in [0, 0.1) is 6.92 Å². The summed E-state index contributed by atoms with van der Waals surface area (Å²) in [7, 11) is 0. The maximum absolute atomic E-state index is 9.57. The summed E-state index contributed by atoms with van der Waals surface area (Å²) >= 11 is 1.60. The first-order valence-corrected chi connectivity index (χ1v) is 6.76. The third-order valence-electron chi connectivity index (χ3n) is 2.93. The van der Waals surface area contributed by atoms with Crippen molar-refractivity contribution < 1.29 is 9.52 Å². The zero-order valence-corrected chi connectivity index (χ0v) is 11.1. The van der Waals surface area contributed by atoms with Crippen LogP contribution in [0.15, 0.2) is 52.0 Å². The van der Waals surface area contributed by atoms with Gasteiger partial charge in [0.05, 0.1) is 18.4 Å². The molecule has 0 bridgehead atoms. The summed E-state index contributed by atoms with van der Waals surface area (Å²) in [4.78, 5) is 1.06. The van der Waals surface area contributed by atoms with E-state index in [0.29, 0.717) is 5.75 Å². The molecular weight excluding hydrogens is 246 g/mol. The number of hydrogen-bond donors (Lipinski definition) is 2. The third kappa shape index (κ3) is 2.77. The van der Waals surface area contributed by atoms with Gasteiger partial charge in [0.25, 0.3) is 0 Å². The summed E-state index contributed by atoms with van der Waals surface area (Å²) in [5.74, 6) is 1.49. The molecule has 0 saturated heterocycles. The highest BCUT2D eigenvalue weighted by molar-refractivity contribution is 7.99. The molecule has 0 radical (unpaired) electrons. The molecule has 0 aliphatic rings. The predicted octanol–water partition coefficient (Wildman–Crippen LogP) is 2.53. The second-order valence-electron chi connectivity index (χ2n) is 4.31. The van der Waals surface area contributed by atoms with E-state index in [1.807, 2.05) is 43.3 Å². The lowest BCUT2D eigenvalue weighted by atomic mass is 9.94. The van der Waals surface area contributed by atoms with Gasteiger partial charge in [0.1, 0.15) is 5.76 Å². The van der Waals surface area contributed by atoms with Crippen molar-refractivity contribution in [1.29, 1.82) is 0 Å². The Morgan fingerprint density at radius 2 is 2.00 bits per heavy atom. The molecule has 0 spiro atoms. The van der Waals surface area contributed by atoms with E-state index in [2.05, 4.69) is 0 Å². The maximum atomic E-state index is 9.57. The monoisotopic (exact) mass is 263 g/mol. The van der Waals surface area contributed by atoms with Gasteiger partial charge in [-0.15, -0.1) is 11.8 Å². The molecule has 2 aromatic rings. The summed E-state index contributed by atoms with van der Waals surface area (Å²) in [6.07, 6.45) is 1.66. The average Bonchev–Trinajstić information content (AvgIpc) is 2.83. The minimum atomic E-state index is -0.727. The van der Waals surface area contributed by atoms with Crippen molar-refractivity contribution in [2.24, 2.45) is 5.73 Å². The number of nitrogens with two attached hydrogens (primary N) is 1. The Hall–Kier alpha value is -1.23. The van der Waals surface area contributed by atoms with Crippen LogP contribution in [0.2, 0.25) is 0 Å². The number of rotatable bonds is 5. The number of thioether (sulfide) groups is 1. The zero-order valence-electron chi connectivity index (χ0n) is 10.3. The minimum absolute atomic E-state index is 0.0824. The van der Waals surface area contributed by atoms with Gasteiger partial charge < -0.3 is 15.3 Å². The first-order valence-electron chi connectivity index (χ1n) is 5.78. The van der Waals surface area contributed by atoms with Crippen LogP contribution >= 0.6 is 11.8 Å². The normalized spacial score (nSPS) is 14.4. The molecule has 1 aromatic heterocycles. The lowest BCUT2D eigenvalue weighted by molar-refractivity contribution is 0.213. The molecular formula is C14H17NO2S. The van der Waals surface area contributed by atoms with Gasteiger partial charge in [-0.2, -0.15) is 0 Å². The molecule has 3 nitrogen and oxygen atoms in total. The van der Waals surface area contributed by atoms with Crippen molar-refractivity contribution in [3.8, 4) is 0 Å². The quantitative estimate of drug-likeness (QED) is 0.814. The van der Waals surface area contributed by atoms with Crippen LogP contribution in [0.4, 0.5) is 0 Å². The molecule has 4 heteroatoms. The fourth-order valence-electron chi connectivity index (χ4n) is 1.72. The maximum Gasteiger partial charge on any atom is 0.114 e. The lowest BCUT2D eigenvalue weighted by Crippen LogP contribution is -2.43. The molecule has 2 rings (SSSR count). The fraction of sp³-hybridized carbons (Fsp3) is 0.286. The summed E-state index contributed by atoms with van der Waals surface area (Å²) < 4.78 is 5.24. The van der Waals surface area contributed by atoms with Crippen molar-refractivity contribution in [2.45, 2.75) is 17.4 Å². The van der Waals surface area contributed by atoms with Crippen LogP contribution < -0.4 is 5.73 Å². The molecule has 0 aliphatic carbocycles. The standard InChI is InChI=1S/C14H17NO2S/c1-11-13(7-8-17-11)18-10-14(15,9-16)12-5-3-2-4-6-12/h2-8,16H,9-10,15H2,1H3. The van der Waals surface area contributed by atoms with E-state index in [1.54, 1.807) is 18.0 Å². The van der Waals surface area contributed by atoms with E-state index in [-0.39, 0.29) is 6.61 Å². The minimum Gasteiger partial charge on any atom is -0.468 e. The topological polar surface area (TPSA) is 59.4 Å². The van der Waals surface area contributed by atoms with Crippen LogP contribution in [-0.2, 0) is 5.54 Å². The summed E-state index contributed by atoms with van der Waals surface area (Å²) in [5.41, 5.74) is 6.50. The van der Waals surface area contributed by atoms with Gasteiger partial charge in [-0.25, -0.2) is 0 Å². The molecule has 3 N–H and O–H groups in total. The molecule has 0 fully saturated rings. The number of hydrogen-bond acceptors (Lipinski definition) is 4. The van der Waals surface area contributed by atoms with Crippen LogP contribution in [0.25, 0.3) is 0 Å². The number of benzene rings is 1. The van der Waals surface area contributed by atoms with Crippen molar-refractivity contribution in [3.63, 3.8) is 0 Å². The summed E-state index contributed by atoms with van der Waals surface area (Å²) in [5, 5.41) is 9.57. The first-order chi connectivity index (χ1) is 8.65. The van der Waals surface area contributed by atoms with Gasteiger partial charge in [-0.3, -0.25) is 0 Å². The fourth-order valence-corrected chi connectivity index (χ4v) is 2.79. The van der Waals surface area contributed by atoms with Gasteiger partial charge in [0.15, 0.2) is 0 Å². The Morgan fingerprint density at radius 3 is 2.56 bits per heavy atom. The molecule has 18 heavy (non-hydrogen) atoms. The molecule has 0 saturated carbocycles. The average molecular weight is 263 g/mol. The second kappa shape index (κ2) is 5.61. The van der Waals surface area contributed by atoms with Crippen molar-refractivity contribution in [1.82, 2.24) is 0 Å². The third-order valence-corrected chi connectivity index (χ3v) is 4.32. The van der Waals surface area contributed by atoms with Crippen LogP contribution in [-0.4, -0.2) is 17.5 Å². The van der Waals surface area contributed by atoms with Crippen molar-refractivity contribution in [3.05, 3.63) is 54.0 Å². The molecule has 1 heterocycles. The van der Waals surface area contributed by atoms with E-state index in [4.69, 9.17) is 10.2 Å². The Bertz CT molecular complexity index is 498. The molecule has 1 unspecified atom stereocenters. The Balaban J connectivity index is 2.12. The second-order valence-corrected chi connectivity index (χ2v) is 5.33. The first kappa shape index (κ1) is 13.2. The summed E-state index contributed by atoms with van der Waals surface area (Å²) in [6.45, 7) is 1.84. The lowest BCUT2D eigenvalue weighted by Gasteiger charge is -2.27. The highest BCUT2D eigenvalue weighted by Crippen LogP contribution is 2.30. The van der Waals surface area contributed by atoms with Gasteiger partial charge in [-0.05, 0) is 18.6 Å². The van der Waals surface area contributed by atoms with E-state index in [1.165, 1.54) is 0 Å². The van der Waals surface area contributed by atoms with Gasteiger partial charge in [-0.1, -0.05) is 30.3 Å². The number of furan rings is 1. The Kier molecular flexibility index (Phi) is 4.11. The highest BCUT2D eigenvalue weighted by Gasteiger charge is 2.27.